The molecule has 2 aliphatic heterocycles. The molecule has 0 spiro atoms. The summed E-state index contributed by atoms with van der Waals surface area (Å²) < 4.78 is 11.4. The number of esters is 1. The molecule has 4 nitrogen and oxygen atoms in total. The van der Waals surface area contributed by atoms with Gasteiger partial charge in [-0.1, -0.05) is 25.3 Å². The number of carbonyl (C=O) groups is 1. The Morgan fingerprint density at radius 1 is 1.19 bits per heavy atom. The van der Waals surface area contributed by atoms with Crippen molar-refractivity contribution in [2.45, 2.75) is 64.0 Å². The number of fused-ring (bicyclic) bond motifs is 3. The summed E-state index contributed by atoms with van der Waals surface area (Å²) in [6, 6.07) is 6.39. The number of hydrogen-bond acceptors (Lipinski definition) is 4. The largest absolute Gasteiger partial charge is 0.462 e. The molecule has 1 aromatic rings. The minimum absolute atomic E-state index is 0. The number of nitrogens with one attached hydrogen (secondary N) is 1. The maximum atomic E-state index is 12.1. The third kappa shape index (κ3) is 3.72. The fourth-order valence-electron chi connectivity index (χ4n) is 5.01. The van der Waals surface area contributed by atoms with E-state index in [4.69, 9.17) is 9.47 Å². The van der Waals surface area contributed by atoms with Crippen LogP contribution in [0.2, 0.25) is 0 Å². The van der Waals surface area contributed by atoms with Crippen molar-refractivity contribution < 1.29 is 14.3 Å². The number of benzene rings is 1. The van der Waals surface area contributed by atoms with Gasteiger partial charge in [0.05, 0.1) is 18.3 Å². The fourth-order valence-corrected chi connectivity index (χ4v) is 5.01. The molecular weight excluding hydrogens is 350 g/mol. The number of carbonyl (C=O) groups excluding carboxylic acids is 1. The average molecular weight is 380 g/mol. The van der Waals surface area contributed by atoms with Gasteiger partial charge in [0.2, 0.25) is 0 Å². The van der Waals surface area contributed by atoms with Gasteiger partial charge in [-0.3, -0.25) is 0 Å². The lowest BCUT2D eigenvalue weighted by Gasteiger charge is -2.47. The number of rotatable bonds is 3. The molecule has 5 heteroatoms. The molecule has 0 aromatic heterocycles. The molecule has 2 fully saturated rings. The number of anilines is 1. The Hall–Kier alpha value is -1.26. The molecule has 2 heterocycles. The molecule has 26 heavy (non-hydrogen) atoms. The van der Waals surface area contributed by atoms with Gasteiger partial charge < -0.3 is 14.8 Å². The van der Waals surface area contributed by atoms with E-state index in [-0.39, 0.29) is 24.5 Å². The quantitative estimate of drug-likeness (QED) is 0.740. The van der Waals surface area contributed by atoms with E-state index in [2.05, 4.69) is 11.4 Å². The SMILES string of the molecule is CCOC(=O)c1ccc2c(c1)N[C@H](C1CCCCC1)[C@@H]1CCCO[C@H]21.Cl. The number of halogens is 1. The summed E-state index contributed by atoms with van der Waals surface area (Å²) in [5, 5.41) is 3.82. The zero-order chi connectivity index (χ0) is 17.2. The summed E-state index contributed by atoms with van der Waals surface area (Å²) in [7, 11) is 0. The van der Waals surface area contributed by atoms with E-state index in [1.54, 1.807) is 0 Å². The van der Waals surface area contributed by atoms with Crippen LogP contribution in [0.3, 0.4) is 0 Å². The van der Waals surface area contributed by atoms with Crippen LogP contribution in [-0.2, 0) is 9.47 Å². The van der Waals surface area contributed by atoms with E-state index < -0.39 is 0 Å². The van der Waals surface area contributed by atoms with Crippen molar-refractivity contribution in [1.82, 2.24) is 0 Å². The average Bonchev–Trinajstić information content (AvgIpc) is 2.68. The normalized spacial score (nSPS) is 28.1. The zero-order valence-electron chi connectivity index (χ0n) is 15.5. The second-order valence-electron chi connectivity index (χ2n) is 7.69. The third-order valence-electron chi connectivity index (χ3n) is 6.18. The Morgan fingerprint density at radius 3 is 2.77 bits per heavy atom. The maximum absolute atomic E-state index is 12.1. The standard InChI is InChI=1S/C21H29NO3.ClH/c1-2-24-21(23)15-10-11-16-18(13-15)22-19(14-7-4-3-5-8-14)17-9-6-12-25-20(16)17;/h10-11,13-14,17,19-20,22H,2-9,12H2,1H3;1H/t17-,19+,20+;/m0./s1. The molecule has 1 saturated heterocycles. The first kappa shape index (κ1) is 19.5. The van der Waals surface area contributed by atoms with Crippen LogP contribution >= 0.6 is 12.4 Å². The van der Waals surface area contributed by atoms with Gasteiger partial charge in [-0.15, -0.1) is 12.4 Å². The smallest absolute Gasteiger partial charge is 0.338 e. The minimum atomic E-state index is -0.243. The second kappa shape index (κ2) is 8.62. The van der Waals surface area contributed by atoms with E-state index in [1.165, 1.54) is 44.1 Å². The van der Waals surface area contributed by atoms with Gasteiger partial charge in [0, 0.05) is 29.8 Å². The summed E-state index contributed by atoms with van der Waals surface area (Å²) in [6.07, 6.45) is 9.25. The summed E-state index contributed by atoms with van der Waals surface area (Å²) in [6.45, 7) is 3.09. The van der Waals surface area contributed by atoms with E-state index in [9.17, 15) is 4.79 Å². The maximum Gasteiger partial charge on any atom is 0.338 e. The molecule has 0 radical (unpaired) electrons. The first-order valence-corrected chi connectivity index (χ1v) is 9.97. The number of hydrogen-bond donors (Lipinski definition) is 1. The first-order chi connectivity index (χ1) is 12.3. The molecule has 1 N–H and O–H groups in total. The van der Waals surface area contributed by atoms with E-state index in [1.807, 2.05) is 19.1 Å². The highest BCUT2D eigenvalue weighted by atomic mass is 35.5. The number of ether oxygens (including phenoxy) is 2. The van der Waals surface area contributed by atoms with E-state index in [0.29, 0.717) is 24.1 Å². The van der Waals surface area contributed by atoms with Gasteiger partial charge in [-0.05, 0) is 50.7 Å². The second-order valence-corrected chi connectivity index (χ2v) is 7.69. The predicted octanol–water partition coefficient (Wildman–Crippen LogP) is 5.13. The molecule has 0 unspecified atom stereocenters. The topological polar surface area (TPSA) is 47.6 Å². The Balaban J connectivity index is 0.00000196. The van der Waals surface area contributed by atoms with Gasteiger partial charge in [0.1, 0.15) is 0 Å². The van der Waals surface area contributed by atoms with Crippen molar-refractivity contribution >= 4 is 24.1 Å². The lowest BCUT2D eigenvalue weighted by atomic mass is 9.71. The van der Waals surface area contributed by atoms with Crippen molar-refractivity contribution in [3.05, 3.63) is 29.3 Å². The van der Waals surface area contributed by atoms with Gasteiger partial charge in [0.25, 0.3) is 0 Å². The molecular formula is C21H30ClNO3. The highest BCUT2D eigenvalue weighted by molar-refractivity contribution is 5.91. The molecule has 0 bridgehead atoms. The Kier molecular flexibility index (Phi) is 6.46. The van der Waals surface area contributed by atoms with E-state index in [0.717, 1.165) is 24.6 Å². The Bertz CT molecular complexity index is 630. The molecule has 1 saturated carbocycles. The lowest BCUT2D eigenvalue weighted by molar-refractivity contribution is -0.0458. The van der Waals surface area contributed by atoms with Crippen molar-refractivity contribution in [3.63, 3.8) is 0 Å². The van der Waals surface area contributed by atoms with Gasteiger partial charge in [-0.2, -0.15) is 0 Å². The molecule has 3 aliphatic rings. The predicted molar refractivity (Wildman–Crippen MR) is 105 cm³/mol. The van der Waals surface area contributed by atoms with Gasteiger partial charge >= 0.3 is 5.97 Å². The van der Waals surface area contributed by atoms with Gasteiger partial charge in [-0.25, -0.2) is 4.79 Å². The van der Waals surface area contributed by atoms with Crippen molar-refractivity contribution in [3.8, 4) is 0 Å². The summed E-state index contributed by atoms with van der Waals surface area (Å²) in [5.41, 5.74) is 2.92. The molecule has 3 atom stereocenters. The highest BCUT2D eigenvalue weighted by Crippen LogP contribution is 2.47. The van der Waals surface area contributed by atoms with Gasteiger partial charge in [0.15, 0.2) is 0 Å². The summed E-state index contributed by atoms with van der Waals surface area (Å²) in [5.74, 6) is 1.04. The van der Waals surface area contributed by atoms with Crippen LogP contribution in [-0.4, -0.2) is 25.2 Å². The van der Waals surface area contributed by atoms with Crippen LogP contribution in [0.4, 0.5) is 5.69 Å². The van der Waals surface area contributed by atoms with Crippen LogP contribution in [0.1, 0.15) is 73.9 Å². The van der Waals surface area contributed by atoms with E-state index >= 15 is 0 Å². The van der Waals surface area contributed by atoms with Crippen LogP contribution in [0, 0.1) is 11.8 Å². The summed E-state index contributed by atoms with van der Waals surface area (Å²) in [4.78, 5) is 12.1. The van der Waals surface area contributed by atoms with Crippen molar-refractivity contribution in [2.24, 2.45) is 11.8 Å². The van der Waals surface area contributed by atoms with Crippen LogP contribution in [0.25, 0.3) is 0 Å². The zero-order valence-corrected chi connectivity index (χ0v) is 16.4. The van der Waals surface area contributed by atoms with Crippen LogP contribution in [0.5, 0.6) is 0 Å². The van der Waals surface area contributed by atoms with Crippen molar-refractivity contribution in [1.29, 1.82) is 0 Å². The highest BCUT2D eigenvalue weighted by Gasteiger charge is 2.42. The molecule has 1 aliphatic carbocycles. The Morgan fingerprint density at radius 2 is 2.00 bits per heavy atom. The van der Waals surface area contributed by atoms with Crippen LogP contribution < -0.4 is 5.32 Å². The third-order valence-corrected chi connectivity index (χ3v) is 6.18. The minimum Gasteiger partial charge on any atom is -0.462 e. The molecule has 4 rings (SSSR count). The lowest BCUT2D eigenvalue weighted by Crippen LogP contribution is -2.46. The molecule has 144 valence electrons. The fraction of sp³-hybridized carbons (Fsp3) is 0.667. The summed E-state index contributed by atoms with van der Waals surface area (Å²) >= 11 is 0. The monoisotopic (exact) mass is 379 g/mol. The first-order valence-electron chi connectivity index (χ1n) is 9.97. The Labute approximate surface area is 162 Å². The molecule has 1 aromatic carbocycles. The molecule has 0 amide bonds. The van der Waals surface area contributed by atoms with Crippen LogP contribution in [0.15, 0.2) is 18.2 Å². The van der Waals surface area contributed by atoms with Crippen molar-refractivity contribution in [2.75, 3.05) is 18.5 Å².